The first-order valence-electron chi connectivity index (χ1n) is 30.3. The number of hydrogen-bond donors (Lipinski definition) is 0. The molecule has 17 heteroatoms. The number of benzene rings is 2. The zero-order chi connectivity index (χ0) is 54.7. The molecule has 1 unspecified atom stereocenters. The molecule has 426 valence electrons. The van der Waals surface area contributed by atoms with Gasteiger partial charge in [-0.2, -0.15) is 19.9 Å². The third kappa shape index (κ3) is 12.0. The van der Waals surface area contributed by atoms with Gasteiger partial charge >= 0.3 is 12.0 Å². The number of aryl methyl sites for hydroxylation is 1. The highest BCUT2D eigenvalue weighted by Crippen LogP contribution is 2.40. The molecule has 2 aromatic carbocycles. The quantitative estimate of drug-likeness (QED) is 0.134. The maximum Gasteiger partial charge on any atom is 0.318 e. The first kappa shape index (κ1) is 54.3. The second-order valence-corrected chi connectivity index (χ2v) is 24.3. The van der Waals surface area contributed by atoms with Gasteiger partial charge in [-0.3, -0.25) is 9.59 Å². The van der Waals surface area contributed by atoms with Crippen LogP contribution in [0.25, 0.3) is 0 Å². The fraction of sp³-hybridized carbons (Fsp3) is 0.587. The smallest absolute Gasteiger partial charge is 0.318 e. The first-order chi connectivity index (χ1) is 39.1. The van der Waals surface area contributed by atoms with E-state index in [1.54, 1.807) is 6.08 Å². The Balaban J connectivity index is 0.717. The molecule has 17 nitrogen and oxygen atoms in total. The third-order valence-electron chi connectivity index (χ3n) is 18.8. The summed E-state index contributed by atoms with van der Waals surface area (Å²) in [4.78, 5) is 68.9. The van der Waals surface area contributed by atoms with Gasteiger partial charge in [-0.25, -0.2) is 0 Å². The van der Waals surface area contributed by atoms with Crippen molar-refractivity contribution < 1.29 is 19.1 Å². The van der Waals surface area contributed by atoms with Gasteiger partial charge in [0, 0.05) is 138 Å². The molecule has 0 spiro atoms. The number of amides is 2. The normalized spacial score (nSPS) is 24.6. The number of likely N-dealkylation sites (N-methyl/N-ethyl adjacent to an activating group) is 3. The molecule has 8 aliphatic rings. The summed E-state index contributed by atoms with van der Waals surface area (Å²) in [6.45, 7) is 11.4. The molecule has 4 aromatic rings. The number of anilines is 4. The van der Waals surface area contributed by atoms with E-state index in [1.807, 2.05) is 36.0 Å². The van der Waals surface area contributed by atoms with Crippen molar-refractivity contribution in [1.82, 2.24) is 44.4 Å². The molecule has 2 aromatic heterocycles. The van der Waals surface area contributed by atoms with E-state index in [9.17, 15) is 9.59 Å². The van der Waals surface area contributed by atoms with Crippen molar-refractivity contribution >= 4 is 34.8 Å². The molecule has 0 N–H and O–H groups in total. The number of hydrogen-bond acceptors (Lipinski definition) is 15. The number of para-hydroxylation sites is 2. The fourth-order valence-corrected chi connectivity index (χ4v) is 14.2. The minimum atomic E-state index is 0.0647. The molecule has 80 heavy (non-hydrogen) atoms. The number of carbonyl (C=O) groups excluding carboxylic acids is 2. The Kier molecular flexibility index (Phi) is 16.6. The molecule has 0 radical (unpaired) electrons. The van der Waals surface area contributed by atoms with Gasteiger partial charge in [0.1, 0.15) is 24.8 Å². The largest absolute Gasteiger partial charge is 0.462 e. The summed E-state index contributed by atoms with van der Waals surface area (Å²) in [5, 5.41) is 0. The standard InChI is InChI=1S/C63H85N13O4/c1-68(2)27-12-20-58(77)71-31-35-73(36-32-71)61-53-25-23-49(41-55(53)65-63(67-61)80-44-51-17-11-29-70(51)4)76-42-45(39-47-14-6-8-19-57(47)76)21-26-59(78)72-33-37-74(38-34-72)60-52-24-22-48(75-30-9-15-46-13-5-7-18-56(46)75)40-54(52)64-62(66-60)79-43-50-16-10-28-69(50)3/h5-8,12-14,18-21,26,45,48-51H,9-11,15-17,22-25,27-44H2,1-4H3/b20-12+,26-21+/t45?,48-,49+,50+,51+/m1/s1. The van der Waals surface area contributed by atoms with Crippen molar-refractivity contribution in [2.75, 3.05) is 146 Å². The lowest BCUT2D eigenvalue weighted by atomic mass is 9.86. The molecule has 2 aliphatic carbocycles. The average molecular weight is 1090 g/mol. The Morgan fingerprint density at radius 1 is 0.575 bits per heavy atom. The van der Waals surface area contributed by atoms with Crippen LogP contribution in [0.3, 0.4) is 0 Å². The fourth-order valence-electron chi connectivity index (χ4n) is 14.2. The SMILES string of the molecule is CN(C)C/C=C/C(=O)N1CCN(c2nc(OC[C@@H]3CCCN3C)nc3c2CC[C@H](N2CC(/C=C/C(=O)N4CCN(c5nc(OC[C@@H]6CCCN6C)nc6c5CC[C@@H](N5CCCc7ccccc75)C6)CC4)Cc4ccccc42)C3)CC1. The Labute approximate surface area is 474 Å². The zero-order valence-electron chi connectivity index (χ0n) is 48.1. The van der Waals surface area contributed by atoms with E-state index in [2.05, 4.69) is 103 Å². The number of likely N-dealkylation sites (tertiary alicyclic amines) is 2. The average Bonchev–Trinajstić information content (AvgIpc) is 4.12. The number of aromatic nitrogens is 4. The molecule has 4 fully saturated rings. The maximum atomic E-state index is 14.2. The maximum absolute atomic E-state index is 14.2. The van der Waals surface area contributed by atoms with Crippen LogP contribution < -0.4 is 29.1 Å². The van der Waals surface area contributed by atoms with Crippen LogP contribution in [0.15, 0.2) is 72.8 Å². The summed E-state index contributed by atoms with van der Waals surface area (Å²) in [5.74, 6) is 2.27. The number of carbonyl (C=O) groups is 2. The van der Waals surface area contributed by atoms with Gasteiger partial charge in [-0.1, -0.05) is 48.6 Å². The molecule has 0 bridgehead atoms. The van der Waals surface area contributed by atoms with Crippen LogP contribution in [0.5, 0.6) is 12.0 Å². The van der Waals surface area contributed by atoms with Gasteiger partial charge in [-0.15, -0.1) is 0 Å². The van der Waals surface area contributed by atoms with Gasteiger partial charge < -0.3 is 53.6 Å². The summed E-state index contributed by atoms with van der Waals surface area (Å²) in [5.41, 5.74) is 10.1. The van der Waals surface area contributed by atoms with Crippen molar-refractivity contribution in [3.8, 4) is 12.0 Å². The summed E-state index contributed by atoms with van der Waals surface area (Å²) in [6, 6.07) is 20.0. The molecule has 0 saturated carbocycles. The van der Waals surface area contributed by atoms with Crippen LogP contribution in [-0.4, -0.2) is 207 Å². The number of fused-ring (bicyclic) bond motifs is 4. The molecule has 8 heterocycles. The van der Waals surface area contributed by atoms with E-state index < -0.39 is 0 Å². The highest BCUT2D eigenvalue weighted by molar-refractivity contribution is 5.88. The minimum absolute atomic E-state index is 0.0647. The van der Waals surface area contributed by atoms with E-state index in [0.717, 1.165) is 120 Å². The van der Waals surface area contributed by atoms with Gasteiger partial charge in [0.2, 0.25) is 11.8 Å². The van der Waals surface area contributed by atoms with Crippen LogP contribution in [-0.2, 0) is 48.1 Å². The lowest BCUT2D eigenvalue weighted by molar-refractivity contribution is -0.127. The van der Waals surface area contributed by atoms with Crippen molar-refractivity contribution in [2.45, 2.75) is 108 Å². The van der Waals surface area contributed by atoms with Gasteiger partial charge in [0.15, 0.2) is 0 Å². The van der Waals surface area contributed by atoms with Crippen LogP contribution in [0.1, 0.15) is 78.6 Å². The predicted molar refractivity (Wildman–Crippen MR) is 315 cm³/mol. The highest BCUT2D eigenvalue weighted by Gasteiger charge is 2.37. The third-order valence-corrected chi connectivity index (χ3v) is 18.8. The number of ether oxygens (including phenoxy) is 2. The second-order valence-electron chi connectivity index (χ2n) is 24.3. The highest BCUT2D eigenvalue weighted by atomic mass is 16.5. The number of nitrogens with zero attached hydrogens (tertiary/aromatic N) is 13. The van der Waals surface area contributed by atoms with Crippen LogP contribution in [0.4, 0.5) is 23.0 Å². The predicted octanol–water partition coefficient (Wildman–Crippen LogP) is 5.73. The molecule has 12 rings (SSSR count). The van der Waals surface area contributed by atoms with Crippen LogP contribution in [0, 0.1) is 5.92 Å². The van der Waals surface area contributed by atoms with E-state index in [4.69, 9.17) is 29.4 Å². The van der Waals surface area contributed by atoms with Crippen molar-refractivity contribution in [3.05, 3.63) is 106 Å². The van der Waals surface area contributed by atoms with Crippen molar-refractivity contribution in [3.63, 3.8) is 0 Å². The van der Waals surface area contributed by atoms with E-state index in [-0.39, 0.29) is 23.8 Å². The summed E-state index contributed by atoms with van der Waals surface area (Å²) in [7, 11) is 8.38. The Bertz CT molecular complexity index is 2900. The zero-order valence-corrected chi connectivity index (χ0v) is 48.1. The lowest BCUT2D eigenvalue weighted by Gasteiger charge is -2.43. The number of piperazine rings is 2. The van der Waals surface area contributed by atoms with Gasteiger partial charge in [0.05, 0.1) is 11.4 Å². The minimum Gasteiger partial charge on any atom is -0.462 e. The lowest BCUT2D eigenvalue weighted by Crippen LogP contribution is -2.49. The van der Waals surface area contributed by atoms with E-state index in [0.29, 0.717) is 95.7 Å². The van der Waals surface area contributed by atoms with Crippen molar-refractivity contribution in [1.29, 1.82) is 0 Å². The van der Waals surface area contributed by atoms with Crippen molar-refractivity contribution in [2.24, 2.45) is 5.92 Å². The van der Waals surface area contributed by atoms with Gasteiger partial charge in [0.25, 0.3) is 0 Å². The Morgan fingerprint density at radius 2 is 1.10 bits per heavy atom. The molecular weight excluding hydrogens is 1000 g/mol. The molecule has 5 atom stereocenters. The summed E-state index contributed by atoms with van der Waals surface area (Å²) in [6.07, 6.45) is 21.0. The monoisotopic (exact) mass is 1090 g/mol. The summed E-state index contributed by atoms with van der Waals surface area (Å²) < 4.78 is 13.0. The molecule has 6 aliphatic heterocycles. The number of rotatable bonds is 15. The Hall–Kier alpha value is -6.30. The topological polar surface area (TPSA) is 133 Å². The van der Waals surface area contributed by atoms with Crippen LogP contribution >= 0.6 is 0 Å². The van der Waals surface area contributed by atoms with E-state index >= 15 is 0 Å². The van der Waals surface area contributed by atoms with Gasteiger partial charge in [-0.05, 0) is 147 Å². The molecule has 2 amide bonds. The molecular formula is C63H85N13O4. The summed E-state index contributed by atoms with van der Waals surface area (Å²) >= 11 is 0. The van der Waals surface area contributed by atoms with Crippen LogP contribution in [0.2, 0.25) is 0 Å². The first-order valence-corrected chi connectivity index (χ1v) is 30.3. The Morgan fingerprint density at radius 3 is 1.65 bits per heavy atom. The molecule has 4 saturated heterocycles. The second kappa shape index (κ2) is 24.4. The van der Waals surface area contributed by atoms with E-state index in [1.165, 1.54) is 52.9 Å².